The van der Waals surface area contributed by atoms with Crippen LogP contribution in [-0.4, -0.2) is 14.9 Å². The Morgan fingerprint density at radius 3 is 2.75 bits per heavy atom. The lowest BCUT2D eigenvalue weighted by Crippen LogP contribution is -2.01. The van der Waals surface area contributed by atoms with Crippen molar-refractivity contribution >= 4 is 34.4 Å². The first-order valence-corrected chi connectivity index (χ1v) is 5.29. The van der Waals surface area contributed by atoms with Crippen molar-refractivity contribution in [1.29, 1.82) is 0 Å². The normalized spacial score (nSPS) is 10.3. The third kappa shape index (κ3) is 1.82. The summed E-state index contributed by atoms with van der Waals surface area (Å²) in [6.45, 7) is 0. The van der Waals surface area contributed by atoms with Crippen molar-refractivity contribution in [2.24, 2.45) is 0 Å². The van der Waals surface area contributed by atoms with Gasteiger partial charge in [0.1, 0.15) is 6.33 Å². The summed E-state index contributed by atoms with van der Waals surface area (Å²) in [5, 5.41) is 10.8. The Balaban J connectivity index is 2.65. The summed E-state index contributed by atoms with van der Waals surface area (Å²) in [5.74, 6) is -0.153. The number of thiophene rings is 1. The smallest absolute Gasteiger partial charge is 0.338 e. The van der Waals surface area contributed by atoms with Crippen LogP contribution in [0.3, 0.4) is 0 Å². The van der Waals surface area contributed by atoms with Gasteiger partial charge in [0.05, 0.1) is 14.1 Å². The Kier molecular flexibility index (Phi) is 2.71. The van der Waals surface area contributed by atoms with E-state index in [-0.39, 0.29) is 17.2 Å². The van der Waals surface area contributed by atoms with Crippen LogP contribution in [0.5, 0.6) is 0 Å². The highest BCUT2D eigenvalue weighted by Crippen LogP contribution is 2.36. The van der Waals surface area contributed by atoms with Gasteiger partial charge in [-0.05, 0) is 12.1 Å². The number of nitrogens with zero attached hydrogens (tertiary/aromatic N) is 3. The number of hydrogen-bond donors (Lipinski definition) is 1. The minimum absolute atomic E-state index is 0.153. The van der Waals surface area contributed by atoms with Crippen molar-refractivity contribution < 1.29 is 4.92 Å². The molecule has 2 heterocycles. The van der Waals surface area contributed by atoms with E-state index in [1.165, 1.54) is 17.7 Å². The number of aromatic nitrogens is 2. The van der Waals surface area contributed by atoms with Crippen molar-refractivity contribution in [3.05, 3.63) is 32.9 Å². The number of nitro groups is 1. The average molecular weight is 257 g/mol. The van der Waals surface area contributed by atoms with Crippen LogP contribution in [0.25, 0.3) is 10.6 Å². The molecule has 6 nitrogen and oxygen atoms in total. The highest BCUT2D eigenvalue weighted by Gasteiger charge is 2.22. The van der Waals surface area contributed by atoms with E-state index in [9.17, 15) is 10.1 Å². The van der Waals surface area contributed by atoms with Crippen LogP contribution in [0.2, 0.25) is 4.34 Å². The molecule has 0 radical (unpaired) electrons. The predicted octanol–water partition coefficient (Wildman–Crippen LogP) is 2.35. The highest BCUT2D eigenvalue weighted by atomic mass is 35.5. The zero-order valence-electron chi connectivity index (χ0n) is 7.75. The molecule has 0 bridgehead atoms. The monoisotopic (exact) mass is 256 g/mol. The molecule has 2 aromatic heterocycles. The van der Waals surface area contributed by atoms with Crippen molar-refractivity contribution in [2.75, 3.05) is 5.73 Å². The molecule has 0 fully saturated rings. The van der Waals surface area contributed by atoms with Crippen molar-refractivity contribution in [2.45, 2.75) is 0 Å². The molecule has 0 unspecified atom stereocenters. The van der Waals surface area contributed by atoms with Gasteiger partial charge in [-0.2, -0.15) is 0 Å². The molecule has 16 heavy (non-hydrogen) atoms. The fraction of sp³-hybridized carbons (Fsp3) is 0. The van der Waals surface area contributed by atoms with Gasteiger partial charge in [0.25, 0.3) is 0 Å². The second-order valence-corrected chi connectivity index (χ2v) is 4.53. The Labute approximate surface area is 98.9 Å². The summed E-state index contributed by atoms with van der Waals surface area (Å²) < 4.78 is 0.529. The minimum atomic E-state index is -0.599. The van der Waals surface area contributed by atoms with E-state index in [1.807, 2.05) is 0 Å². The zero-order chi connectivity index (χ0) is 11.7. The molecule has 2 N–H and O–H groups in total. The van der Waals surface area contributed by atoms with Crippen molar-refractivity contribution in [1.82, 2.24) is 9.97 Å². The molecule has 0 aliphatic rings. The van der Waals surface area contributed by atoms with Crippen LogP contribution in [0, 0.1) is 10.1 Å². The first-order valence-electron chi connectivity index (χ1n) is 4.10. The second kappa shape index (κ2) is 4.03. The molecule has 0 amide bonds. The topological polar surface area (TPSA) is 94.9 Å². The maximum atomic E-state index is 10.8. The van der Waals surface area contributed by atoms with Gasteiger partial charge < -0.3 is 5.73 Å². The fourth-order valence-electron chi connectivity index (χ4n) is 1.19. The second-order valence-electron chi connectivity index (χ2n) is 2.82. The summed E-state index contributed by atoms with van der Waals surface area (Å²) >= 11 is 6.95. The largest absolute Gasteiger partial charge is 0.378 e. The molecule has 0 saturated carbocycles. The maximum Gasteiger partial charge on any atom is 0.338 e. The van der Waals surface area contributed by atoms with Crippen molar-refractivity contribution in [3.63, 3.8) is 0 Å². The van der Waals surface area contributed by atoms with E-state index in [1.54, 1.807) is 12.1 Å². The van der Waals surface area contributed by atoms with E-state index in [4.69, 9.17) is 17.3 Å². The lowest BCUT2D eigenvalue weighted by atomic mass is 10.3. The molecule has 8 heteroatoms. The molecule has 0 spiro atoms. The van der Waals surface area contributed by atoms with E-state index < -0.39 is 4.92 Å². The summed E-state index contributed by atoms with van der Waals surface area (Å²) in [7, 11) is 0. The first kappa shape index (κ1) is 10.8. The molecule has 0 aliphatic heterocycles. The maximum absolute atomic E-state index is 10.8. The summed E-state index contributed by atoms with van der Waals surface area (Å²) in [4.78, 5) is 18.3. The lowest BCUT2D eigenvalue weighted by Gasteiger charge is -2.00. The Morgan fingerprint density at radius 1 is 1.44 bits per heavy atom. The summed E-state index contributed by atoms with van der Waals surface area (Å²) in [6, 6.07) is 3.30. The molecule has 0 aromatic carbocycles. The molecular formula is C8H5ClN4O2S. The van der Waals surface area contributed by atoms with Gasteiger partial charge in [0, 0.05) is 0 Å². The molecule has 2 aromatic rings. The summed E-state index contributed by atoms with van der Waals surface area (Å²) in [5.41, 5.74) is 5.34. The van der Waals surface area contributed by atoms with Gasteiger partial charge in [-0.25, -0.2) is 9.97 Å². The van der Waals surface area contributed by atoms with Crippen molar-refractivity contribution in [3.8, 4) is 10.6 Å². The Morgan fingerprint density at radius 2 is 2.19 bits per heavy atom. The van der Waals surface area contributed by atoms with Gasteiger partial charge in [-0.3, -0.25) is 10.1 Å². The quantitative estimate of drug-likeness (QED) is 0.657. The van der Waals surface area contributed by atoms with Crippen LogP contribution in [0.1, 0.15) is 0 Å². The van der Waals surface area contributed by atoms with Gasteiger partial charge in [-0.15, -0.1) is 11.3 Å². The van der Waals surface area contributed by atoms with E-state index in [0.29, 0.717) is 9.21 Å². The molecule has 2 rings (SSSR count). The first-order chi connectivity index (χ1) is 7.59. The fourth-order valence-corrected chi connectivity index (χ4v) is 2.23. The molecule has 82 valence electrons. The van der Waals surface area contributed by atoms with E-state index >= 15 is 0 Å². The molecule has 0 atom stereocenters. The number of hydrogen-bond acceptors (Lipinski definition) is 6. The standard InChI is InChI=1S/C8H5ClN4O2S/c9-5-2-1-4(16-5)6-7(13(14)15)8(10)12-3-11-6/h1-3H,(H2,10,11,12). The van der Waals surface area contributed by atoms with Crippen LogP contribution < -0.4 is 5.73 Å². The molecule has 0 saturated heterocycles. The average Bonchev–Trinajstić information content (AvgIpc) is 2.63. The number of anilines is 1. The highest BCUT2D eigenvalue weighted by molar-refractivity contribution is 7.19. The summed E-state index contributed by atoms with van der Waals surface area (Å²) in [6.07, 6.45) is 1.19. The zero-order valence-corrected chi connectivity index (χ0v) is 9.33. The lowest BCUT2D eigenvalue weighted by molar-refractivity contribution is -0.383. The number of halogens is 1. The van der Waals surface area contributed by atoms with Gasteiger partial charge in [0.15, 0.2) is 5.69 Å². The van der Waals surface area contributed by atoms with E-state index in [0.717, 1.165) is 0 Å². The number of nitrogen functional groups attached to an aromatic ring is 1. The molecular weight excluding hydrogens is 252 g/mol. The SMILES string of the molecule is Nc1ncnc(-c2ccc(Cl)s2)c1[N+](=O)[O-]. The van der Waals surface area contributed by atoms with Gasteiger partial charge in [0.2, 0.25) is 5.82 Å². The Hall–Kier alpha value is -1.73. The third-order valence-electron chi connectivity index (χ3n) is 1.84. The van der Waals surface area contributed by atoms with Crippen LogP contribution in [0.15, 0.2) is 18.5 Å². The van der Waals surface area contributed by atoms with Crippen LogP contribution in [-0.2, 0) is 0 Å². The predicted molar refractivity (Wildman–Crippen MR) is 61.4 cm³/mol. The number of rotatable bonds is 2. The third-order valence-corrected chi connectivity index (χ3v) is 3.08. The Bertz CT molecular complexity index is 557. The minimum Gasteiger partial charge on any atom is -0.378 e. The van der Waals surface area contributed by atoms with Gasteiger partial charge >= 0.3 is 5.69 Å². The van der Waals surface area contributed by atoms with Crippen LogP contribution >= 0.6 is 22.9 Å². The van der Waals surface area contributed by atoms with Crippen LogP contribution in [0.4, 0.5) is 11.5 Å². The molecule has 0 aliphatic carbocycles. The number of nitrogens with two attached hydrogens (primary N) is 1. The van der Waals surface area contributed by atoms with Gasteiger partial charge in [-0.1, -0.05) is 11.6 Å². The van der Waals surface area contributed by atoms with E-state index in [2.05, 4.69) is 9.97 Å².